The van der Waals surface area contributed by atoms with Gasteiger partial charge in [-0.05, 0) is 30.7 Å². The normalized spacial score (nSPS) is 12.3. The molecule has 3 nitrogen and oxygen atoms in total. The van der Waals surface area contributed by atoms with Crippen LogP contribution in [0, 0.1) is 0 Å². The largest absolute Gasteiger partial charge is 0.411 e. The standard InChI is InChI=1S/C14H19F3N2OS/c1-4-13(5-2,14(15,16)17)19-12(20)10-7-8-18-11(9-10)21-6-3/h7-9H,4-6H2,1-3H3,(H,19,20). The van der Waals surface area contributed by atoms with E-state index in [9.17, 15) is 18.0 Å². The topological polar surface area (TPSA) is 42.0 Å². The number of hydrogen-bond acceptors (Lipinski definition) is 3. The smallest absolute Gasteiger partial charge is 0.338 e. The van der Waals surface area contributed by atoms with E-state index in [2.05, 4.69) is 10.3 Å². The van der Waals surface area contributed by atoms with Crippen LogP contribution in [0.3, 0.4) is 0 Å². The number of aromatic nitrogens is 1. The molecule has 0 aromatic carbocycles. The molecule has 0 aliphatic rings. The molecule has 0 saturated heterocycles. The first-order chi connectivity index (χ1) is 9.79. The monoisotopic (exact) mass is 320 g/mol. The highest BCUT2D eigenvalue weighted by Crippen LogP contribution is 2.36. The molecule has 0 saturated carbocycles. The number of halogens is 3. The predicted octanol–water partition coefficient (Wildman–Crippen LogP) is 4.04. The zero-order chi connectivity index (χ0) is 16.1. The zero-order valence-corrected chi connectivity index (χ0v) is 13.1. The summed E-state index contributed by atoms with van der Waals surface area (Å²) in [6.45, 7) is 4.77. The first kappa shape index (κ1) is 17.8. The Labute approximate surface area is 126 Å². The highest BCUT2D eigenvalue weighted by atomic mass is 32.2. The van der Waals surface area contributed by atoms with Gasteiger partial charge in [0.05, 0.1) is 5.03 Å². The number of alkyl halides is 3. The molecular weight excluding hydrogens is 301 g/mol. The van der Waals surface area contributed by atoms with E-state index in [1.807, 2.05) is 6.92 Å². The number of hydrogen-bond donors (Lipinski definition) is 1. The van der Waals surface area contributed by atoms with Gasteiger partial charge in [0.1, 0.15) is 5.54 Å². The van der Waals surface area contributed by atoms with Crippen molar-refractivity contribution in [2.24, 2.45) is 0 Å². The summed E-state index contributed by atoms with van der Waals surface area (Å²) < 4.78 is 39.7. The van der Waals surface area contributed by atoms with Crippen LogP contribution in [-0.2, 0) is 0 Å². The van der Waals surface area contributed by atoms with Gasteiger partial charge >= 0.3 is 6.18 Å². The Morgan fingerprint density at radius 2 is 1.90 bits per heavy atom. The SMILES string of the molecule is CCSc1cc(C(=O)NC(CC)(CC)C(F)(F)F)ccn1. The molecule has 1 aromatic rings. The van der Waals surface area contributed by atoms with Crippen LogP contribution in [0.15, 0.2) is 23.4 Å². The molecule has 0 unspecified atom stereocenters. The molecule has 0 aliphatic carbocycles. The molecular formula is C14H19F3N2OS. The fourth-order valence-electron chi connectivity index (χ4n) is 1.97. The van der Waals surface area contributed by atoms with E-state index in [1.165, 1.54) is 43.9 Å². The fraction of sp³-hybridized carbons (Fsp3) is 0.571. The van der Waals surface area contributed by atoms with Crippen LogP contribution < -0.4 is 5.32 Å². The highest BCUT2D eigenvalue weighted by molar-refractivity contribution is 7.99. The number of nitrogens with zero attached hydrogens (tertiary/aromatic N) is 1. The van der Waals surface area contributed by atoms with E-state index in [4.69, 9.17) is 0 Å². The van der Waals surface area contributed by atoms with Crippen molar-refractivity contribution in [1.82, 2.24) is 10.3 Å². The van der Waals surface area contributed by atoms with Crippen molar-refractivity contribution in [3.63, 3.8) is 0 Å². The Balaban J connectivity index is 3.00. The summed E-state index contributed by atoms with van der Waals surface area (Å²) in [6.07, 6.45) is -3.47. The molecule has 1 heterocycles. The fourth-order valence-corrected chi connectivity index (χ4v) is 2.61. The quantitative estimate of drug-likeness (QED) is 0.804. The Kier molecular flexibility index (Phi) is 6.07. The minimum atomic E-state index is -4.49. The lowest BCUT2D eigenvalue weighted by Gasteiger charge is -2.34. The third kappa shape index (κ3) is 4.12. The van der Waals surface area contributed by atoms with Gasteiger partial charge in [-0.2, -0.15) is 13.2 Å². The number of thioether (sulfide) groups is 1. The maximum atomic E-state index is 13.2. The first-order valence-corrected chi connectivity index (χ1v) is 7.76. The Morgan fingerprint density at radius 1 is 1.29 bits per heavy atom. The first-order valence-electron chi connectivity index (χ1n) is 6.77. The zero-order valence-electron chi connectivity index (χ0n) is 12.3. The summed E-state index contributed by atoms with van der Waals surface area (Å²) in [5, 5.41) is 2.78. The summed E-state index contributed by atoms with van der Waals surface area (Å²) >= 11 is 1.43. The lowest BCUT2D eigenvalue weighted by molar-refractivity contribution is -0.195. The number of carbonyl (C=O) groups is 1. The van der Waals surface area contributed by atoms with Crippen molar-refractivity contribution >= 4 is 17.7 Å². The number of rotatable bonds is 6. The molecule has 1 N–H and O–H groups in total. The molecule has 0 radical (unpaired) electrons. The summed E-state index contributed by atoms with van der Waals surface area (Å²) in [4.78, 5) is 16.2. The van der Waals surface area contributed by atoms with Gasteiger partial charge in [0, 0.05) is 11.8 Å². The number of pyridine rings is 1. The van der Waals surface area contributed by atoms with Crippen LogP contribution in [0.25, 0.3) is 0 Å². The van der Waals surface area contributed by atoms with Crippen molar-refractivity contribution in [2.45, 2.75) is 50.4 Å². The van der Waals surface area contributed by atoms with Crippen molar-refractivity contribution in [3.8, 4) is 0 Å². The summed E-state index contributed by atoms with van der Waals surface area (Å²) in [5.74, 6) is 0.0467. The summed E-state index contributed by atoms with van der Waals surface area (Å²) in [7, 11) is 0. The van der Waals surface area contributed by atoms with E-state index in [-0.39, 0.29) is 18.4 Å². The molecule has 1 rings (SSSR count). The molecule has 1 aromatic heterocycles. The summed E-state index contributed by atoms with van der Waals surface area (Å²) in [5.41, 5.74) is -2.00. The van der Waals surface area contributed by atoms with Crippen molar-refractivity contribution in [1.29, 1.82) is 0 Å². The van der Waals surface area contributed by atoms with Gasteiger partial charge in [0.2, 0.25) is 0 Å². The second-order valence-corrected chi connectivity index (χ2v) is 5.84. The summed E-state index contributed by atoms with van der Waals surface area (Å²) in [6, 6.07) is 2.93. The highest BCUT2D eigenvalue weighted by Gasteiger charge is 2.53. The molecule has 118 valence electrons. The van der Waals surface area contributed by atoms with Crippen LogP contribution in [0.2, 0.25) is 0 Å². The Hall–Kier alpha value is -1.24. The lowest BCUT2D eigenvalue weighted by Crippen LogP contribution is -2.58. The van der Waals surface area contributed by atoms with E-state index in [1.54, 1.807) is 0 Å². The van der Waals surface area contributed by atoms with E-state index in [0.717, 1.165) is 5.75 Å². The van der Waals surface area contributed by atoms with E-state index >= 15 is 0 Å². The lowest BCUT2D eigenvalue weighted by atomic mass is 9.91. The van der Waals surface area contributed by atoms with E-state index < -0.39 is 17.6 Å². The maximum Gasteiger partial charge on any atom is 0.411 e. The molecule has 0 bridgehead atoms. The second kappa shape index (κ2) is 7.15. The van der Waals surface area contributed by atoms with Crippen molar-refractivity contribution in [3.05, 3.63) is 23.9 Å². The van der Waals surface area contributed by atoms with Crippen molar-refractivity contribution < 1.29 is 18.0 Å². The molecule has 7 heteroatoms. The Bertz CT molecular complexity index is 487. The molecule has 0 spiro atoms. The van der Waals surface area contributed by atoms with Gasteiger partial charge in [-0.1, -0.05) is 20.8 Å². The predicted molar refractivity (Wildman–Crippen MR) is 77.5 cm³/mol. The van der Waals surface area contributed by atoms with Crippen LogP contribution in [0.5, 0.6) is 0 Å². The average molecular weight is 320 g/mol. The van der Waals surface area contributed by atoms with Gasteiger partial charge < -0.3 is 5.32 Å². The van der Waals surface area contributed by atoms with Crippen LogP contribution in [0.1, 0.15) is 44.0 Å². The second-order valence-electron chi connectivity index (χ2n) is 4.56. The molecule has 1 amide bonds. The molecule has 0 fully saturated rings. The molecule has 0 atom stereocenters. The number of amides is 1. The molecule has 0 aliphatic heterocycles. The van der Waals surface area contributed by atoms with Crippen LogP contribution in [-0.4, -0.2) is 28.4 Å². The van der Waals surface area contributed by atoms with Gasteiger partial charge in [-0.25, -0.2) is 4.98 Å². The Morgan fingerprint density at radius 3 is 2.38 bits per heavy atom. The van der Waals surface area contributed by atoms with Crippen LogP contribution >= 0.6 is 11.8 Å². The molecule has 21 heavy (non-hydrogen) atoms. The van der Waals surface area contributed by atoms with Crippen molar-refractivity contribution in [2.75, 3.05) is 5.75 Å². The third-order valence-corrected chi connectivity index (χ3v) is 4.20. The average Bonchev–Trinajstić information content (AvgIpc) is 2.44. The maximum absolute atomic E-state index is 13.2. The minimum Gasteiger partial charge on any atom is -0.338 e. The van der Waals surface area contributed by atoms with Gasteiger partial charge in [0.25, 0.3) is 5.91 Å². The third-order valence-electron chi connectivity index (χ3n) is 3.39. The number of nitrogens with one attached hydrogen (secondary N) is 1. The van der Waals surface area contributed by atoms with Gasteiger partial charge in [-0.15, -0.1) is 11.8 Å². The number of carbonyl (C=O) groups excluding carboxylic acids is 1. The minimum absolute atomic E-state index is 0.191. The van der Waals surface area contributed by atoms with Gasteiger partial charge in [-0.3, -0.25) is 4.79 Å². The van der Waals surface area contributed by atoms with Crippen LogP contribution in [0.4, 0.5) is 13.2 Å². The van der Waals surface area contributed by atoms with Gasteiger partial charge in [0.15, 0.2) is 0 Å². The van der Waals surface area contributed by atoms with E-state index in [0.29, 0.717) is 5.03 Å².